The zero-order valence-corrected chi connectivity index (χ0v) is 12.4. The predicted molar refractivity (Wildman–Crippen MR) is 80.3 cm³/mol. The second-order valence-corrected chi connectivity index (χ2v) is 6.44. The van der Waals surface area contributed by atoms with Crippen molar-refractivity contribution in [3.8, 4) is 0 Å². The number of aryl methyl sites for hydroxylation is 1. The van der Waals surface area contributed by atoms with E-state index in [0.717, 1.165) is 13.1 Å². The molecule has 2 N–H and O–H groups in total. The van der Waals surface area contributed by atoms with Gasteiger partial charge in [0.15, 0.2) is 0 Å². The molecule has 1 aromatic carbocycles. The summed E-state index contributed by atoms with van der Waals surface area (Å²) in [6, 6.07) is 8.80. The third kappa shape index (κ3) is 2.88. The number of hydrogen-bond acceptors (Lipinski definition) is 2. The fraction of sp³-hybridized carbons (Fsp3) is 0.588. The van der Waals surface area contributed by atoms with Gasteiger partial charge in [-0.25, -0.2) is 0 Å². The van der Waals surface area contributed by atoms with Gasteiger partial charge in [-0.3, -0.25) is 4.79 Å². The summed E-state index contributed by atoms with van der Waals surface area (Å²) in [5, 5.41) is 6.54. The minimum Gasteiger partial charge on any atom is -0.349 e. The molecule has 0 bridgehead atoms. The lowest BCUT2D eigenvalue weighted by molar-refractivity contribution is -0.127. The molecule has 2 unspecified atom stereocenters. The summed E-state index contributed by atoms with van der Waals surface area (Å²) >= 11 is 0. The Hall–Kier alpha value is -1.35. The van der Waals surface area contributed by atoms with Crippen LogP contribution < -0.4 is 10.6 Å². The summed E-state index contributed by atoms with van der Waals surface area (Å²) in [7, 11) is 0. The first kappa shape index (κ1) is 13.6. The molecule has 2 fully saturated rings. The van der Waals surface area contributed by atoms with Crippen LogP contribution in [-0.4, -0.2) is 19.0 Å². The Morgan fingerprint density at radius 1 is 1.20 bits per heavy atom. The van der Waals surface area contributed by atoms with Gasteiger partial charge in [0.2, 0.25) is 5.91 Å². The van der Waals surface area contributed by atoms with E-state index < -0.39 is 0 Å². The van der Waals surface area contributed by atoms with E-state index in [1.165, 1.54) is 24.0 Å². The van der Waals surface area contributed by atoms with E-state index in [1.807, 2.05) is 0 Å². The maximum Gasteiger partial charge on any atom is 0.223 e. The molecule has 1 amide bonds. The van der Waals surface area contributed by atoms with Gasteiger partial charge in [0, 0.05) is 5.92 Å². The van der Waals surface area contributed by atoms with Crippen LogP contribution in [0.15, 0.2) is 24.3 Å². The van der Waals surface area contributed by atoms with Crippen molar-refractivity contribution in [2.24, 2.45) is 17.8 Å². The van der Waals surface area contributed by atoms with Crippen molar-refractivity contribution in [1.29, 1.82) is 0 Å². The quantitative estimate of drug-likeness (QED) is 0.864. The molecule has 1 aliphatic heterocycles. The van der Waals surface area contributed by atoms with Crippen LogP contribution in [0.4, 0.5) is 0 Å². The van der Waals surface area contributed by atoms with Gasteiger partial charge in [-0.15, -0.1) is 0 Å². The van der Waals surface area contributed by atoms with Crippen LogP contribution in [0.3, 0.4) is 0 Å². The lowest BCUT2D eigenvalue weighted by atomic mass is 9.87. The van der Waals surface area contributed by atoms with Crippen LogP contribution in [0.2, 0.25) is 0 Å². The van der Waals surface area contributed by atoms with Gasteiger partial charge < -0.3 is 10.6 Å². The topological polar surface area (TPSA) is 41.1 Å². The molecule has 0 aromatic heterocycles. The number of amides is 1. The Bertz CT molecular complexity index is 474. The highest BCUT2D eigenvalue weighted by Crippen LogP contribution is 2.41. The highest BCUT2D eigenvalue weighted by Gasteiger charge is 2.36. The smallest absolute Gasteiger partial charge is 0.223 e. The molecular weight excluding hydrogens is 248 g/mol. The average molecular weight is 272 g/mol. The number of rotatable bonds is 5. The van der Waals surface area contributed by atoms with Crippen molar-refractivity contribution in [3.05, 3.63) is 35.4 Å². The first-order valence-electron chi connectivity index (χ1n) is 7.73. The van der Waals surface area contributed by atoms with Crippen molar-refractivity contribution in [1.82, 2.24) is 10.6 Å². The van der Waals surface area contributed by atoms with Crippen molar-refractivity contribution in [2.75, 3.05) is 13.1 Å². The third-order valence-corrected chi connectivity index (χ3v) is 4.76. The molecular formula is C17H24N2O. The van der Waals surface area contributed by atoms with Crippen LogP contribution in [-0.2, 0) is 4.79 Å². The van der Waals surface area contributed by atoms with Crippen molar-refractivity contribution in [2.45, 2.75) is 32.7 Å². The second-order valence-electron chi connectivity index (χ2n) is 6.44. The number of carbonyl (C=O) groups excluding carboxylic acids is 1. The third-order valence-electron chi connectivity index (χ3n) is 4.76. The molecule has 0 radical (unpaired) electrons. The van der Waals surface area contributed by atoms with Crippen LogP contribution in [0.5, 0.6) is 0 Å². The molecule has 2 atom stereocenters. The Kier molecular flexibility index (Phi) is 3.79. The van der Waals surface area contributed by atoms with Crippen LogP contribution in [0, 0.1) is 24.7 Å². The summed E-state index contributed by atoms with van der Waals surface area (Å²) in [5.41, 5.74) is 2.52. The molecule has 3 nitrogen and oxygen atoms in total. The summed E-state index contributed by atoms with van der Waals surface area (Å²) < 4.78 is 0. The van der Waals surface area contributed by atoms with Crippen molar-refractivity contribution >= 4 is 5.91 Å². The van der Waals surface area contributed by atoms with Gasteiger partial charge >= 0.3 is 0 Å². The van der Waals surface area contributed by atoms with E-state index in [0.29, 0.717) is 11.8 Å². The predicted octanol–water partition coefficient (Wildman–Crippen LogP) is 2.42. The number of benzene rings is 1. The lowest BCUT2D eigenvalue weighted by Crippen LogP contribution is -2.50. The standard InChI is InChI=1S/C17H24N2O/c1-11-3-5-13(6-4-11)16(14-7-8-14)19-17(20)12(2)15-9-18-10-15/h3-6,12,14-16,18H,7-10H2,1-2H3,(H,19,20). The molecule has 1 aliphatic carbocycles. The van der Waals surface area contributed by atoms with E-state index in [1.54, 1.807) is 0 Å². The van der Waals surface area contributed by atoms with Gasteiger partial charge in [0.1, 0.15) is 0 Å². The first-order chi connectivity index (χ1) is 9.65. The lowest BCUT2D eigenvalue weighted by Gasteiger charge is -2.33. The fourth-order valence-corrected chi connectivity index (χ4v) is 2.84. The van der Waals surface area contributed by atoms with Gasteiger partial charge in [-0.1, -0.05) is 36.8 Å². The van der Waals surface area contributed by atoms with Crippen LogP contribution in [0.1, 0.15) is 36.9 Å². The van der Waals surface area contributed by atoms with Gasteiger partial charge in [0.05, 0.1) is 6.04 Å². The Balaban J connectivity index is 1.68. The Labute approximate surface area is 121 Å². The van der Waals surface area contributed by atoms with Gasteiger partial charge in [-0.05, 0) is 50.3 Å². The maximum atomic E-state index is 12.4. The van der Waals surface area contributed by atoms with E-state index in [4.69, 9.17) is 0 Å². The molecule has 1 heterocycles. The molecule has 108 valence electrons. The monoisotopic (exact) mass is 272 g/mol. The van der Waals surface area contributed by atoms with Crippen molar-refractivity contribution < 1.29 is 4.79 Å². The van der Waals surface area contributed by atoms with Gasteiger partial charge in [-0.2, -0.15) is 0 Å². The molecule has 1 saturated heterocycles. The molecule has 20 heavy (non-hydrogen) atoms. The summed E-state index contributed by atoms with van der Waals surface area (Å²) in [6.45, 7) is 6.11. The Morgan fingerprint density at radius 3 is 2.35 bits per heavy atom. The number of hydrogen-bond donors (Lipinski definition) is 2. The second kappa shape index (κ2) is 5.57. The average Bonchev–Trinajstić information content (AvgIpc) is 3.19. The molecule has 1 aromatic rings. The fourth-order valence-electron chi connectivity index (χ4n) is 2.84. The number of nitrogens with one attached hydrogen (secondary N) is 2. The Morgan fingerprint density at radius 2 is 1.85 bits per heavy atom. The van der Waals surface area contributed by atoms with E-state index in [2.05, 4.69) is 48.7 Å². The molecule has 1 saturated carbocycles. The van der Waals surface area contributed by atoms with Crippen LogP contribution in [0.25, 0.3) is 0 Å². The van der Waals surface area contributed by atoms with E-state index in [-0.39, 0.29) is 17.9 Å². The highest BCUT2D eigenvalue weighted by atomic mass is 16.2. The molecule has 2 aliphatic rings. The number of carbonyl (C=O) groups is 1. The summed E-state index contributed by atoms with van der Waals surface area (Å²) in [4.78, 5) is 12.4. The van der Waals surface area contributed by atoms with E-state index in [9.17, 15) is 4.79 Å². The molecule has 0 spiro atoms. The normalized spacial score (nSPS) is 21.9. The minimum atomic E-state index is 0.114. The largest absolute Gasteiger partial charge is 0.349 e. The van der Waals surface area contributed by atoms with E-state index >= 15 is 0 Å². The first-order valence-corrected chi connectivity index (χ1v) is 7.73. The maximum absolute atomic E-state index is 12.4. The highest BCUT2D eigenvalue weighted by molar-refractivity contribution is 5.79. The summed E-state index contributed by atoms with van der Waals surface area (Å²) in [5.74, 6) is 1.47. The summed E-state index contributed by atoms with van der Waals surface area (Å²) in [6.07, 6.45) is 2.47. The molecule has 3 rings (SSSR count). The van der Waals surface area contributed by atoms with Crippen LogP contribution >= 0.6 is 0 Å². The molecule has 3 heteroatoms. The zero-order chi connectivity index (χ0) is 14.1. The SMILES string of the molecule is Cc1ccc(C(NC(=O)C(C)C2CNC2)C2CC2)cc1. The van der Waals surface area contributed by atoms with Gasteiger partial charge in [0.25, 0.3) is 0 Å². The zero-order valence-electron chi connectivity index (χ0n) is 12.4. The van der Waals surface area contributed by atoms with Crippen molar-refractivity contribution in [3.63, 3.8) is 0 Å². The minimum absolute atomic E-state index is 0.114.